The second-order valence-corrected chi connectivity index (χ2v) is 6.48. The summed E-state index contributed by atoms with van der Waals surface area (Å²) < 4.78 is 10.8. The Bertz CT molecular complexity index is 805. The number of hydrogen-bond donors (Lipinski definition) is 1. The molecule has 2 aromatic rings. The number of morpholine rings is 1. The lowest BCUT2D eigenvalue weighted by molar-refractivity contribution is 0.122. The van der Waals surface area contributed by atoms with Crippen molar-refractivity contribution >= 4 is 17.7 Å². The number of hydrogen-bond acceptors (Lipinski definition) is 6. The quantitative estimate of drug-likeness (QED) is 0.891. The molecular formula is C19H23N5O3. The maximum atomic E-state index is 12.6. The smallest absolute Gasteiger partial charge is 0.322 e. The summed E-state index contributed by atoms with van der Waals surface area (Å²) in [5, 5.41) is 2.92. The van der Waals surface area contributed by atoms with Crippen LogP contribution in [-0.4, -0.2) is 53.8 Å². The van der Waals surface area contributed by atoms with Gasteiger partial charge in [-0.2, -0.15) is 0 Å². The van der Waals surface area contributed by atoms with Crippen LogP contribution in [0.4, 0.5) is 16.4 Å². The first-order valence-electron chi connectivity index (χ1n) is 9.19. The fourth-order valence-corrected chi connectivity index (χ4v) is 3.21. The Balaban J connectivity index is 1.39. The molecule has 1 N–H and O–H groups in total. The molecule has 0 unspecified atom stereocenters. The molecule has 8 nitrogen and oxygen atoms in total. The molecule has 0 spiro atoms. The zero-order valence-electron chi connectivity index (χ0n) is 15.4. The largest absolute Gasteiger partial charge is 0.494 e. The molecule has 0 radical (unpaired) electrons. The summed E-state index contributed by atoms with van der Waals surface area (Å²) in [5.74, 6) is 1.50. The molecule has 1 aromatic heterocycles. The second-order valence-electron chi connectivity index (χ2n) is 6.48. The van der Waals surface area contributed by atoms with Gasteiger partial charge in [0.25, 0.3) is 0 Å². The van der Waals surface area contributed by atoms with Crippen LogP contribution in [0.25, 0.3) is 0 Å². The van der Waals surface area contributed by atoms with Crippen LogP contribution >= 0.6 is 0 Å². The van der Waals surface area contributed by atoms with Gasteiger partial charge in [-0.3, -0.25) is 0 Å². The van der Waals surface area contributed by atoms with Crippen LogP contribution in [0.2, 0.25) is 0 Å². The number of aromatic nitrogens is 2. The van der Waals surface area contributed by atoms with Crippen LogP contribution in [0.15, 0.2) is 30.5 Å². The Labute approximate surface area is 158 Å². The zero-order chi connectivity index (χ0) is 18.6. The lowest BCUT2D eigenvalue weighted by Gasteiger charge is -2.26. The highest BCUT2D eigenvalue weighted by Gasteiger charge is 2.26. The SMILES string of the molecule is CCOc1ccc(NC(=O)N2Cc3cnc(N4CCOCC4)nc3C2)cc1. The van der Waals surface area contributed by atoms with Gasteiger partial charge in [0, 0.05) is 30.5 Å². The molecule has 0 saturated carbocycles. The van der Waals surface area contributed by atoms with Crippen molar-refractivity contribution in [3.63, 3.8) is 0 Å². The van der Waals surface area contributed by atoms with E-state index in [2.05, 4.69) is 20.2 Å². The summed E-state index contributed by atoms with van der Waals surface area (Å²) >= 11 is 0. The van der Waals surface area contributed by atoms with Crippen LogP contribution in [0.5, 0.6) is 5.75 Å². The van der Waals surface area contributed by atoms with Crippen molar-refractivity contribution < 1.29 is 14.3 Å². The van der Waals surface area contributed by atoms with E-state index in [1.54, 1.807) is 4.90 Å². The molecular weight excluding hydrogens is 346 g/mol. The van der Waals surface area contributed by atoms with Gasteiger partial charge in [-0.25, -0.2) is 14.8 Å². The molecule has 4 rings (SSSR count). The Morgan fingerprint density at radius 3 is 2.74 bits per heavy atom. The number of amides is 2. The van der Waals surface area contributed by atoms with Gasteiger partial charge in [-0.05, 0) is 31.2 Å². The lowest BCUT2D eigenvalue weighted by atomic mass is 10.3. The molecule has 2 aliphatic heterocycles. The highest BCUT2D eigenvalue weighted by molar-refractivity contribution is 5.89. The number of carbonyl (C=O) groups is 1. The van der Waals surface area contributed by atoms with Crippen molar-refractivity contribution in [1.82, 2.24) is 14.9 Å². The summed E-state index contributed by atoms with van der Waals surface area (Å²) in [6.07, 6.45) is 1.83. The Morgan fingerprint density at radius 1 is 1.22 bits per heavy atom. The molecule has 3 heterocycles. The predicted molar refractivity (Wildman–Crippen MR) is 101 cm³/mol. The number of urea groups is 1. The number of fused-ring (bicyclic) bond motifs is 1. The Morgan fingerprint density at radius 2 is 2.00 bits per heavy atom. The van der Waals surface area contributed by atoms with Crippen molar-refractivity contribution in [2.45, 2.75) is 20.0 Å². The summed E-state index contributed by atoms with van der Waals surface area (Å²) in [4.78, 5) is 25.6. The number of anilines is 2. The monoisotopic (exact) mass is 369 g/mol. The van der Waals surface area contributed by atoms with Crippen molar-refractivity contribution in [2.24, 2.45) is 0 Å². The first-order chi connectivity index (χ1) is 13.2. The van der Waals surface area contributed by atoms with E-state index < -0.39 is 0 Å². The van der Waals surface area contributed by atoms with E-state index in [4.69, 9.17) is 9.47 Å². The lowest BCUT2D eigenvalue weighted by Crippen LogP contribution is -2.37. The molecule has 1 fully saturated rings. The third-order valence-corrected chi connectivity index (χ3v) is 4.64. The van der Waals surface area contributed by atoms with E-state index in [1.165, 1.54) is 0 Å². The number of carbonyl (C=O) groups excluding carboxylic acids is 1. The van der Waals surface area contributed by atoms with E-state index in [-0.39, 0.29) is 6.03 Å². The molecule has 1 aromatic carbocycles. The minimum atomic E-state index is -0.148. The van der Waals surface area contributed by atoms with Crippen molar-refractivity contribution in [3.8, 4) is 5.75 Å². The van der Waals surface area contributed by atoms with Crippen molar-refractivity contribution in [2.75, 3.05) is 43.1 Å². The molecule has 27 heavy (non-hydrogen) atoms. The Hall–Kier alpha value is -2.87. The minimum absolute atomic E-state index is 0.148. The van der Waals surface area contributed by atoms with Crippen LogP contribution in [0.3, 0.4) is 0 Å². The number of nitrogens with one attached hydrogen (secondary N) is 1. The highest BCUT2D eigenvalue weighted by atomic mass is 16.5. The summed E-state index contributed by atoms with van der Waals surface area (Å²) in [7, 11) is 0. The van der Waals surface area contributed by atoms with Gasteiger partial charge < -0.3 is 24.6 Å². The van der Waals surface area contributed by atoms with Gasteiger partial charge in [0.2, 0.25) is 5.95 Å². The first-order valence-corrected chi connectivity index (χ1v) is 9.19. The maximum Gasteiger partial charge on any atom is 0.322 e. The second kappa shape index (κ2) is 7.79. The van der Waals surface area contributed by atoms with Crippen LogP contribution in [-0.2, 0) is 17.8 Å². The predicted octanol–water partition coefficient (Wildman–Crippen LogP) is 2.26. The molecule has 1 saturated heterocycles. The van der Waals surface area contributed by atoms with Gasteiger partial charge in [0.15, 0.2) is 0 Å². The molecule has 2 aliphatic rings. The van der Waals surface area contributed by atoms with Gasteiger partial charge in [-0.15, -0.1) is 0 Å². The summed E-state index contributed by atoms with van der Waals surface area (Å²) in [6.45, 7) is 6.52. The molecule has 142 valence electrons. The molecule has 0 atom stereocenters. The van der Waals surface area contributed by atoms with Gasteiger partial charge in [-0.1, -0.05) is 0 Å². The minimum Gasteiger partial charge on any atom is -0.494 e. The van der Waals surface area contributed by atoms with E-state index in [9.17, 15) is 4.79 Å². The van der Waals surface area contributed by atoms with Crippen molar-refractivity contribution in [1.29, 1.82) is 0 Å². The summed E-state index contributed by atoms with van der Waals surface area (Å²) in [5.41, 5.74) is 2.64. The average molecular weight is 369 g/mol. The van der Waals surface area contributed by atoms with E-state index in [0.29, 0.717) is 38.9 Å². The fraction of sp³-hybridized carbons (Fsp3) is 0.421. The van der Waals surface area contributed by atoms with Crippen LogP contribution in [0.1, 0.15) is 18.2 Å². The third-order valence-electron chi connectivity index (χ3n) is 4.64. The maximum absolute atomic E-state index is 12.6. The van der Waals surface area contributed by atoms with E-state index >= 15 is 0 Å². The highest BCUT2D eigenvalue weighted by Crippen LogP contribution is 2.24. The van der Waals surface area contributed by atoms with Crippen LogP contribution < -0.4 is 15.0 Å². The Kier molecular flexibility index (Phi) is 5.06. The standard InChI is InChI=1S/C19H23N5O3/c1-2-27-16-5-3-15(4-6-16)21-19(25)24-12-14-11-20-18(22-17(14)13-24)23-7-9-26-10-8-23/h3-6,11H,2,7-10,12-13H2,1H3,(H,21,25). The molecule has 2 amide bonds. The number of rotatable bonds is 4. The van der Waals surface area contributed by atoms with Gasteiger partial charge in [0.1, 0.15) is 5.75 Å². The normalized spacial score (nSPS) is 16.2. The van der Waals surface area contributed by atoms with Gasteiger partial charge in [0.05, 0.1) is 38.6 Å². The number of benzene rings is 1. The van der Waals surface area contributed by atoms with E-state index in [0.717, 1.165) is 35.8 Å². The zero-order valence-corrected chi connectivity index (χ0v) is 15.4. The molecule has 8 heteroatoms. The van der Waals surface area contributed by atoms with E-state index in [1.807, 2.05) is 37.4 Å². The third kappa shape index (κ3) is 3.95. The van der Waals surface area contributed by atoms with Crippen molar-refractivity contribution in [3.05, 3.63) is 41.7 Å². The number of nitrogens with zero attached hydrogens (tertiary/aromatic N) is 4. The number of ether oxygens (including phenoxy) is 2. The first kappa shape index (κ1) is 17.5. The van der Waals surface area contributed by atoms with Crippen LogP contribution in [0, 0.1) is 0 Å². The topological polar surface area (TPSA) is 79.8 Å². The molecule has 0 aliphatic carbocycles. The van der Waals surface area contributed by atoms with Gasteiger partial charge >= 0.3 is 6.03 Å². The molecule has 0 bridgehead atoms. The fourth-order valence-electron chi connectivity index (χ4n) is 3.21. The average Bonchev–Trinajstić information content (AvgIpc) is 3.14. The summed E-state index contributed by atoms with van der Waals surface area (Å²) in [6, 6.07) is 7.21.